The molecule has 0 unspecified atom stereocenters. The molecule has 0 bridgehead atoms. The molecule has 1 nitrogen and oxygen atoms in total. The van der Waals surface area contributed by atoms with Gasteiger partial charge in [0.2, 0.25) is 0 Å². The van der Waals surface area contributed by atoms with Crippen LogP contribution >= 0.6 is 0 Å². The minimum absolute atomic E-state index is 0.137. The summed E-state index contributed by atoms with van der Waals surface area (Å²) in [6.45, 7) is 9.30. The number of hydrogen-bond donors (Lipinski definition) is 0. The molecule has 9 aromatic rings. The second-order valence-corrected chi connectivity index (χ2v) is 17.4. The molecule has 2 aliphatic carbocycles. The van der Waals surface area contributed by atoms with Gasteiger partial charge in [-0.3, -0.25) is 0 Å². The van der Waals surface area contributed by atoms with Crippen molar-refractivity contribution >= 4 is 17.1 Å². The third-order valence-electron chi connectivity index (χ3n) is 13.6. The molecule has 61 heavy (non-hydrogen) atoms. The van der Waals surface area contributed by atoms with Crippen LogP contribution in [0.3, 0.4) is 0 Å². The molecule has 0 radical (unpaired) electrons. The van der Waals surface area contributed by atoms with E-state index in [2.05, 4.69) is 245 Å². The lowest BCUT2D eigenvalue weighted by atomic mass is 9.67. The van der Waals surface area contributed by atoms with E-state index in [1.165, 1.54) is 94.7 Å². The second kappa shape index (κ2) is 14.2. The largest absolute Gasteiger partial charge is 0.310 e. The van der Waals surface area contributed by atoms with Gasteiger partial charge in [-0.05, 0) is 145 Å². The first kappa shape index (κ1) is 36.8. The highest BCUT2D eigenvalue weighted by Gasteiger charge is 2.46. The quantitative estimate of drug-likeness (QED) is 0.156. The molecule has 1 heteroatoms. The molecule has 0 saturated heterocycles. The molecule has 292 valence electrons. The summed E-state index contributed by atoms with van der Waals surface area (Å²) in [7, 11) is 0. The number of anilines is 3. The lowest BCUT2D eigenvalue weighted by Gasteiger charge is -2.35. The average Bonchev–Trinajstić information content (AvgIpc) is 3.73. The van der Waals surface area contributed by atoms with Crippen LogP contribution in [0.1, 0.15) is 58.4 Å². The van der Waals surface area contributed by atoms with Crippen molar-refractivity contribution in [2.45, 2.75) is 38.5 Å². The van der Waals surface area contributed by atoms with Crippen molar-refractivity contribution in [2.24, 2.45) is 0 Å². The van der Waals surface area contributed by atoms with E-state index in [1.54, 1.807) is 0 Å². The maximum atomic E-state index is 2.52. The summed E-state index contributed by atoms with van der Waals surface area (Å²) in [4.78, 5) is 2.52. The van der Waals surface area contributed by atoms with E-state index in [9.17, 15) is 0 Å². The first-order valence-corrected chi connectivity index (χ1v) is 21.5. The van der Waals surface area contributed by atoms with E-state index in [0.29, 0.717) is 0 Å². The topological polar surface area (TPSA) is 3.24 Å². The summed E-state index contributed by atoms with van der Waals surface area (Å²) in [5.74, 6) is 0. The van der Waals surface area contributed by atoms with Gasteiger partial charge in [0.25, 0.3) is 0 Å². The van der Waals surface area contributed by atoms with Crippen LogP contribution in [0.4, 0.5) is 17.1 Å². The van der Waals surface area contributed by atoms with Crippen molar-refractivity contribution in [1.82, 2.24) is 0 Å². The van der Waals surface area contributed by atoms with Gasteiger partial charge in [0.1, 0.15) is 0 Å². The zero-order valence-electron chi connectivity index (χ0n) is 35.2. The lowest BCUT2D eigenvalue weighted by Crippen LogP contribution is -2.28. The third kappa shape index (κ3) is 5.68. The highest BCUT2D eigenvalue weighted by molar-refractivity contribution is 5.92. The Kier molecular flexibility index (Phi) is 8.58. The molecule has 0 fully saturated rings. The van der Waals surface area contributed by atoms with Crippen LogP contribution in [-0.2, 0) is 10.8 Å². The normalized spacial score (nSPS) is 13.8. The average molecular weight is 782 g/mol. The molecule has 0 spiro atoms. The van der Waals surface area contributed by atoms with Crippen molar-refractivity contribution in [3.05, 3.63) is 257 Å². The van der Waals surface area contributed by atoms with Crippen LogP contribution in [0, 0.1) is 13.8 Å². The molecule has 0 heterocycles. The van der Waals surface area contributed by atoms with Gasteiger partial charge >= 0.3 is 0 Å². The molecule has 9 aromatic carbocycles. The molecule has 0 saturated carbocycles. The Balaban J connectivity index is 1.14. The Labute approximate surface area is 360 Å². The van der Waals surface area contributed by atoms with E-state index in [-0.39, 0.29) is 5.41 Å². The van der Waals surface area contributed by atoms with Gasteiger partial charge in [0, 0.05) is 22.5 Å². The molecule has 11 rings (SSSR count). The van der Waals surface area contributed by atoms with Gasteiger partial charge in [-0.2, -0.15) is 0 Å². The predicted octanol–water partition coefficient (Wildman–Crippen LogP) is 15.8. The standard InChI is InChI=1S/C60H47N/c1-40-36-58(41(2)35-53(40)44-22-18-21-43(37-44)42-19-8-5-9-20-42)61(47-31-33-51-49-27-14-16-29-54(49)59(3,4)56(51)38-47)48-32-34-52-50-28-15-17-30-55(50)60(57(52)39-48,45-23-10-6-11-24-45)46-25-12-7-13-26-46/h5-39H,1-4H3. The van der Waals surface area contributed by atoms with E-state index in [4.69, 9.17) is 0 Å². The summed E-state index contributed by atoms with van der Waals surface area (Å²) < 4.78 is 0. The second-order valence-electron chi connectivity index (χ2n) is 17.4. The lowest BCUT2D eigenvalue weighted by molar-refractivity contribution is 0.660. The minimum Gasteiger partial charge on any atom is -0.310 e. The summed E-state index contributed by atoms with van der Waals surface area (Å²) >= 11 is 0. The smallest absolute Gasteiger partial charge is 0.0714 e. The maximum absolute atomic E-state index is 2.52. The van der Waals surface area contributed by atoms with Gasteiger partial charge in [-0.15, -0.1) is 0 Å². The van der Waals surface area contributed by atoms with Gasteiger partial charge in [0.05, 0.1) is 5.41 Å². The van der Waals surface area contributed by atoms with Crippen LogP contribution in [0.5, 0.6) is 0 Å². The van der Waals surface area contributed by atoms with Crippen LogP contribution in [0.25, 0.3) is 44.5 Å². The van der Waals surface area contributed by atoms with Crippen molar-refractivity contribution < 1.29 is 0 Å². The number of nitrogens with zero attached hydrogens (tertiary/aromatic N) is 1. The summed E-state index contributed by atoms with van der Waals surface area (Å²) in [5.41, 5.74) is 23.3. The van der Waals surface area contributed by atoms with E-state index in [1.807, 2.05) is 0 Å². The summed E-state index contributed by atoms with van der Waals surface area (Å²) in [5, 5.41) is 0. The molecule has 0 aliphatic heterocycles. The first-order chi connectivity index (χ1) is 29.8. The Hall–Kier alpha value is -7.22. The number of rotatable bonds is 7. The number of fused-ring (bicyclic) bond motifs is 6. The Morgan fingerprint density at radius 1 is 0.328 bits per heavy atom. The number of hydrogen-bond acceptors (Lipinski definition) is 1. The zero-order chi connectivity index (χ0) is 41.3. The van der Waals surface area contributed by atoms with Gasteiger partial charge in [0.15, 0.2) is 0 Å². The first-order valence-electron chi connectivity index (χ1n) is 21.5. The molecular weight excluding hydrogens is 735 g/mol. The zero-order valence-corrected chi connectivity index (χ0v) is 35.2. The van der Waals surface area contributed by atoms with Crippen LogP contribution in [0.15, 0.2) is 212 Å². The highest BCUT2D eigenvalue weighted by Crippen LogP contribution is 2.58. The van der Waals surface area contributed by atoms with E-state index < -0.39 is 5.41 Å². The Bertz CT molecular complexity index is 3080. The van der Waals surface area contributed by atoms with Crippen molar-refractivity contribution in [2.75, 3.05) is 4.90 Å². The monoisotopic (exact) mass is 781 g/mol. The predicted molar refractivity (Wildman–Crippen MR) is 256 cm³/mol. The minimum atomic E-state index is -0.504. The van der Waals surface area contributed by atoms with Crippen molar-refractivity contribution in [3.63, 3.8) is 0 Å². The van der Waals surface area contributed by atoms with Gasteiger partial charge in [-0.25, -0.2) is 0 Å². The SMILES string of the molecule is Cc1cc(N(c2ccc3c(c2)C(C)(C)c2ccccc2-3)c2ccc3c(c2)C(c2ccccc2)(c2ccccc2)c2ccccc2-3)c(C)cc1-c1cccc(-c2ccccc2)c1. The molecule has 0 atom stereocenters. The Morgan fingerprint density at radius 3 is 1.48 bits per heavy atom. The molecule has 2 aliphatic rings. The fourth-order valence-corrected chi connectivity index (χ4v) is 10.7. The number of benzene rings is 9. The van der Waals surface area contributed by atoms with E-state index >= 15 is 0 Å². The van der Waals surface area contributed by atoms with Crippen LogP contribution < -0.4 is 4.90 Å². The van der Waals surface area contributed by atoms with Crippen LogP contribution in [0.2, 0.25) is 0 Å². The van der Waals surface area contributed by atoms with Gasteiger partial charge in [-0.1, -0.05) is 184 Å². The van der Waals surface area contributed by atoms with Gasteiger partial charge < -0.3 is 4.90 Å². The fraction of sp³-hybridized carbons (Fsp3) is 0.100. The third-order valence-corrected chi connectivity index (χ3v) is 13.6. The molecule has 0 N–H and O–H groups in total. The Morgan fingerprint density at radius 2 is 0.820 bits per heavy atom. The van der Waals surface area contributed by atoms with Crippen molar-refractivity contribution in [1.29, 1.82) is 0 Å². The fourth-order valence-electron chi connectivity index (χ4n) is 10.7. The summed E-state index contributed by atoms with van der Waals surface area (Å²) in [6, 6.07) is 79.0. The molecule has 0 aromatic heterocycles. The van der Waals surface area contributed by atoms with E-state index in [0.717, 1.165) is 11.4 Å². The highest BCUT2D eigenvalue weighted by atomic mass is 15.1. The molecular formula is C60H47N. The number of aryl methyl sites for hydroxylation is 2. The summed E-state index contributed by atoms with van der Waals surface area (Å²) in [6.07, 6.45) is 0. The van der Waals surface area contributed by atoms with Crippen LogP contribution in [-0.4, -0.2) is 0 Å². The van der Waals surface area contributed by atoms with Crippen molar-refractivity contribution in [3.8, 4) is 44.5 Å². The molecule has 0 amide bonds. The maximum Gasteiger partial charge on any atom is 0.0714 e.